The molecule has 0 radical (unpaired) electrons. The number of methoxy groups -OCH3 is 1. The van der Waals surface area contributed by atoms with Crippen LogP contribution in [0, 0.1) is 11.3 Å². The molecule has 0 spiro atoms. The maximum absolute atomic E-state index is 5.14. The van der Waals surface area contributed by atoms with Crippen LogP contribution in [0.2, 0.25) is 0 Å². The van der Waals surface area contributed by atoms with Crippen LogP contribution in [0.25, 0.3) is 0 Å². The Hall–Kier alpha value is -0.0800. The fourth-order valence-electron chi connectivity index (χ4n) is 2.31. The third-order valence-corrected chi connectivity index (χ3v) is 3.55. The molecule has 0 aromatic heterocycles. The molecule has 0 aromatic rings. The first-order valence-corrected chi connectivity index (χ1v) is 6.26. The quantitative estimate of drug-likeness (QED) is 0.758. The van der Waals surface area contributed by atoms with Crippen LogP contribution < -0.4 is 5.32 Å². The second-order valence-electron chi connectivity index (χ2n) is 5.91. The van der Waals surface area contributed by atoms with Crippen LogP contribution >= 0.6 is 0 Å². The van der Waals surface area contributed by atoms with Crippen LogP contribution in [0.15, 0.2) is 0 Å². The topological polar surface area (TPSA) is 21.3 Å². The standard InChI is InChI=1S/C13H27NO/c1-11(10-15-4)9-14-12-5-7-13(2,3)8-6-12/h11-12,14H,5-10H2,1-4H3. The Morgan fingerprint density at radius 2 is 1.93 bits per heavy atom. The van der Waals surface area contributed by atoms with Crippen LogP contribution in [0.1, 0.15) is 46.5 Å². The minimum Gasteiger partial charge on any atom is -0.384 e. The number of ether oxygens (including phenoxy) is 1. The summed E-state index contributed by atoms with van der Waals surface area (Å²) in [6.07, 6.45) is 5.41. The van der Waals surface area contributed by atoms with E-state index in [1.165, 1.54) is 25.7 Å². The molecule has 0 bridgehead atoms. The van der Waals surface area contributed by atoms with Crippen molar-refractivity contribution in [1.29, 1.82) is 0 Å². The van der Waals surface area contributed by atoms with E-state index in [9.17, 15) is 0 Å². The smallest absolute Gasteiger partial charge is 0.0499 e. The molecule has 2 nitrogen and oxygen atoms in total. The maximum Gasteiger partial charge on any atom is 0.0499 e. The normalized spacial score (nSPS) is 24.0. The van der Waals surface area contributed by atoms with Gasteiger partial charge in [0.1, 0.15) is 0 Å². The Balaban J connectivity index is 2.13. The molecule has 1 aliphatic carbocycles. The first-order valence-electron chi connectivity index (χ1n) is 6.26. The van der Waals surface area contributed by atoms with Crippen molar-refractivity contribution >= 4 is 0 Å². The number of rotatable bonds is 5. The lowest BCUT2D eigenvalue weighted by molar-refractivity contribution is 0.150. The summed E-state index contributed by atoms with van der Waals surface area (Å²) in [6, 6.07) is 0.748. The van der Waals surface area contributed by atoms with Gasteiger partial charge < -0.3 is 10.1 Å². The van der Waals surface area contributed by atoms with Gasteiger partial charge in [-0.25, -0.2) is 0 Å². The van der Waals surface area contributed by atoms with Crippen molar-refractivity contribution in [3.63, 3.8) is 0 Å². The molecular weight excluding hydrogens is 186 g/mol. The number of hydrogen-bond acceptors (Lipinski definition) is 2. The summed E-state index contributed by atoms with van der Waals surface area (Å²) < 4.78 is 5.14. The van der Waals surface area contributed by atoms with E-state index in [4.69, 9.17) is 4.74 Å². The number of nitrogens with one attached hydrogen (secondary N) is 1. The molecule has 0 aromatic carbocycles. The molecular formula is C13H27NO. The summed E-state index contributed by atoms with van der Waals surface area (Å²) in [5.74, 6) is 0.630. The van der Waals surface area contributed by atoms with Crippen molar-refractivity contribution in [2.75, 3.05) is 20.3 Å². The highest BCUT2D eigenvalue weighted by molar-refractivity contribution is 4.82. The summed E-state index contributed by atoms with van der Waals surface area (Å²) in [4.78, 5) is 0. The molecule has 1 unspecified atom stereocenters. The average molecular weight is 213 g/mol. The zero-order valence-electron chi connectivity index (χ0n) is 10.8. The van der Waals surface area contributed by atoms with Crippen molar-refractivity contribution in [3.05, 3.63) is 0 Å². The highest BCUT2D eigenvalue weighted by Crippen LogP contribution is 2.34. The molecule has 2 heteroatoms. The van der Waals surface area contributed by atoms with Gasteiger partial charge in [0.15, 0.2) is 0 Å². The molecule has 0 heterocycles. The van der Waals surface area contributed by atoms with Crippen molar-refractivity contribution in [3.8, 4) is 0 Å². The molecule has 1 atom stereocenters. The number of hydrogen-bond donors (Lipinski definition) is 1. The summed E-state index contributed by atoms with van der Waals surface area (Å²) in [6.45, 7) is 8.97. The first kappa shape index (κ1) is 13.0. The van der Waals surface area contributed by atoms with E-state index >= 15 is 0 Å². The van der Waals surface area contributed by atoms with Crippen molar-refractivity contribution in [1.82, 2.24) is 5.32 Å². The van der Waals surface area contributed by atoms with Crippen LogP contribution in [0.4, 0.5) is 0 Å². The Bertz CT molecular complexity index is 169. The Kier molecular flexibility index (Phi) is 5.07. The monoisotopic (exact) mass is 213 g/mol. The van der Waals surface area contributed by atoms with E-state index in [1.54, 1.807) is 7.11 Å². The van der Waals surface area contributed by atoms with Gasteiger partial charge >= 0.3 is 0 Å². The van der Waals surface area contributed by atoms with Crippen molar-refractivity contribution in [2.45, 2.75) is 52.5 Å². The zero-order valence-corrected chi connectivity index (χ0v) is 10.8. The Labute approximate surface area is 94.8 Å². The molecule has 1 aliphatic rings. The van der Waals surface area contributed by atoms with Gasteiger partial charge in [-0.1, -0.05) is 20.8 Å². The Morgan fingerprint density at radius 1 is 1.33 bits per heavy atom. The van der Waals surface area contributed by atoms with Gasteiger partial charge in [0.2, 0.25) is 0 Å². The van der Waals surface area contributed by atoms with Gasteiger partial charge in [0, 0.05) is 26.3 Å². The molecule has 1 N–H and O–H groups in total. The molecule has 1 saturated carbocycles. The van der Waals surface area contributed by atoms with Gasteiger partial charge in [-0.3, -0.25) is 0 Å². The molecule has 1 rings (SSSR count). The third kappa shape index (κ3) is 4.98. The van der Waals surface area contributed by atoms with E-state index in [0.717, 1.165) is 19.2 Å². The molecule has 0 saturated heterocycles. The van der Waals surface area contributed by atoms with Gasteiger partial charge in [0.05, 0.1) is 0 Å². The average Bonchev–Trinajstić information content (AvgIpc) is 2.17. The van der Waals surface area contributed by atoms with E-state index < -0.39 is 0 Å². The lowest BCUT2D eigenvalue weighted by Crippen LogP contribution is -2.38. The molecule has 1 fully saturated rings. The summed E-state index contributed by atoms with van der Waals surface area (Å²) in [7, 11) is 1.78. The van der Waals surface area contributed by atoms with E-state index in [2.05, 4.69) is 26.1 Å². The third-order valence-electron chi connectivity index (χ3n) is 3.55. The van der Waals surface area contributed by atoms with Gasteiger partial charge in [-0.15, -0.1) is 0 Å². The highest BCUT2D eigenvalue weighted by Gasteiger charge is 2.26. The second kappa shape index (κ2) is 5.86. The predicted molar refractivity (Wildman–Crippen MR) is 65.1 cm³/mol. The molecule has 90 valence electrons. The maximum atomic E-state index is 5.14. The van der Waals surface area contributed by atoms with E-state index in [0.29, 0.717) is 11.3 Å². The predicted octanol–water partition coefficient (Wildman–Crippen LogP) is 2.83. The van der Waals surface area contributed by atoms with Gasteiger partial charge in [-0.2, -0.15) is 0 Å². The molecule has 0 amide bonds. The van der Waals surface area contributed by atoms with Gasteiger partial charge in [-0.05, 0) is 37.0 Å². The van der Waals surface area contributed by atoms with E-state index in [1.807, 2.05) is 0 Å². The van der Waals surface area contributed by atoms with Gasteiger partial charge in [0.25, 0.3) is 0 Å². The summed E-state index contributed by atoms with van der Waals surface area (Å²) >= 11 is 0. The SMILES string of the molecule is COCC(C)CNC1CCC(C)(C)CC1. The van der Waals surface area contributed by atoms with Crippen LogP contribution in [0.3, 0.4) is 0 Å². The van der Waals surface area contributed by atoms with Crippen molar-refractivity contribution < 1.29 is 4.74 Å². The largest absolute Gasteiger partial charge is 0.384 e. The highest BCUT2D eigenvalue weighted by atomic mass is 16.5. The van der Waals surface area contributed by atoms with Crippen molar-refractivity contribution in [2.24, 2.45) is 11.3 Å². The first-order chi connectivity index (χ1) is 7.03. The summed E-state index contributed by atoms with van der Waals surface area (Å²) in [5, 5.41) is 3.66. The van der Waals surface area contributed by atoms with Crippen LogP contribution in [-0.4, -0.2) is 26.3 Å². The Morgan fingerprint density at radius 3 is 2.47 bits per heavy atom. The zero-order chi connectivity index (χ0) is 11.3. The second-order valence-corrected chi connectivity index (χ2v) is 5.91. The summed E-state index contributed by atoms with van der Waals surface area (Å²) in [5.41, 5.74) is 0.580. The lowest BCUT2D eigenvalue weighted by Gasteiger charge is -2.35. The molecule has 0 aliphatic heterocycles. The van der Waals surface area contributed by atoms with E-state index in [-0.39, 0.29) is 0 Å². The minimum atomic E-state index is 0.580. The fourth-order valence-corrected chi connectivity index (χ4v) is 2.31. The fraction of sp³-hybridized carbons (Fsp3) is 1.00. The van der Waals surface area contributed by atoms with Crippen LogP contribution in [-0.2, 0) is 4.74 Å². The molecule has 15 heavy (non-hydrogen) atoms. The lowest BCUT2D eigenvalue weighted by atomic mass is 9.75. The van der Waals surface area contributed by atoms with Crippen LogP contribution in [0.5, 0.6) is 0 Å². The minimum absolute atomic E-state index is 0.580.